The van der Waals surface area contributed by atoms with E-state index in [4.69, 9.17) is 9.47 Å². The number of carbonyl (C=O) groups excluding carboxylic acids is 1. The number of piperidine rings is 3. The number of aryl methyl sites for hydroxylation is 1. The average molecular weight is 495 g/mol. The van der Waals surface area contributed by atoms with Crippen molar-refractivity contribution in [3.8, 4) is 16.9 Å². The Kier molecular flexibility index (Phi) is 6.99. The highest BCUT2D eigenvalue weighted by atomic mass is 19.1. The number of carbonyl (C=O) groups is 1. The molecule has 1 aliphatic carbocycles. The monoisotopic (exact) mass is 494 g/mol. The van der Waals surface area contributed by atoms with Gasteiger partial charge in [-0.15, -0.1) is 0 Å². The molecule has 2 atom stereocenters. The van der Waals surface area contributed by atoms with E-state index in [1.807, 2.05) is 30.3 Å². The molecule has 1 amide bonds. The Bertz CT molecular complexity index is 1110. The normalized spacial score (nSPS) is 26.4. The van der Waals surface area contributed by atoms with Crippen LogP contribution in [-0.4, -0.2) is 43.3 Å². The molecule has 0 radical (unpaired) electrons. The Morgan fingerprint density at radius 3 is 2.67 bits per heavy atom. The molecule has 0 unspecified atom stereocenters. The number of nitrogens with zero attached hydrogens (tertiary/aromatic N) is 1. The van der Waals surface area contributed by atoms with E-state index in [2.05, 4.69) is 37.9 Å². The molecule has 6 rings (SSSR count). The fourth-order valence-electron chi connectivity index (χ4n) is 5.99. The summed E-state index contributed by atoms with van der Waals surface area (Å²) in [6.07, 6.45) is 3.47. The third-order valence-corrected chi connectivity index (χ3v) is 8.21. The van der Waals surface area contributed by atoms with E-state index in [-0.39, 0.29) is 29.5 Å². The van der Waals surface area contributed by atoms with Gasteiger partial charge in [0.25, 0.3) is 0 Å². The first-order valence-electron chi connectivity index (χ1n) is 13.4. The number of hydrogen-bond acceptors (Lipinski definition) is 4. The molecule has 2 aromatic rings. The van der Waals surface area contributed by atoms with Crippen LogP contribution in [0, 0.1) is 23.1 Å². The summed E-state index contributed by atoms with van der Waals surface area (Å²) in [5, 5.41) is 3.13. The zero-order valence-electron chi connectivity index (χ0n) is 22.0. The predicted molar refractivity (Wildman–Crippen MR) is 140 cm³/mol. The summed E-state index contributed by atoms with van der Waals surface area (Å²) in [7, 11) is 0. The van der Waals surface area contributed by atoms with Crippen LogP contribution in [0.15, 0.2) is 36.4 Å². The lowest BCUT2D eigenvalue weighted by molar-refractivity contribution is -0.0353. The largest absolute Gasteiger partial charge is 0.493 e. The Hall–Kier alpha value is -2.60. The summed E-state index contributed by atoms with van der Waals surface area (Å²) in [6, 6.07) is 10.9. The molecule has 3 heterocycles. The molecule has 4 aliphatic rings. The first-order valence-corrected chi connectivity index (χ1v) is 13.4. The summed E-state index contributed by atoms with van der Waals surface area (Å²) in [5.41, 5.74) is 3.09. The Morgan fingerprint density at radius 2 is 1.97 bits per heavy atom. The number of amides is 1. The second-order valence-electron chi connectivity index (χ2n) is 11.9. The summed E-state index contributed by atoms with van der Waals surface area (Å²) < 4.78 is 27.3. The SMILES string of the molecule is CC(C)COc1cccc(-c2cc3c(cc2F)[C@H](NC(=O)O[C@@H]2CN4CCC2CC4)C(C)(C)CC3)c1. The Labute approximate surface area is 214 Å². The van der Waals surface area contributed by atoms with Crippen LogP contribution in [0.2, 0.25) is 0 Å². The first kappa shape index (κ1) is 25.1. The minimum atomic E-state index is -0.390. The van der Waals surface area contributed by atoms with Gasteiger partial charge in [-0.05, 0) is 97.0 Å². The van der Waals surface area contributed by atoms with Crippen molar-refractivity contribution < 1.29 is 18.7 Å². The molecule has 6 heteroatoms. The van der Waals surface area contributed by atoms with Crippen LogP contribution in [0.5, 0.6) is 5.75 Å². The van der Waals surface area contributed by atoms with Crippen LogP contribution in [0.3, 0.4) is 0 Å². The molecule has 3 saturated heterocycles. The second-order valence-corrected chi connectivity index (χ2v) is 11.9. The van der Waals surface area contributed by atoms with Crippen molar-refractivity contribution >= 4 is 6.09 Å². The second kappa shape index (κ2) is 10.0. The van der Waals surface area contributed by atoms with Gasteiger partial charge < -0.3 is 14.8 Å². The fraction of sp³-hybridized carbons (Fsp3) is 0.567. The standard InChI is InChI=1S/C30H39FN2O3/c1-19(2)18-35-23-7-5-6-21(14-23)24-15-22-8-11-30(3,4)28(25(22)16-26(24)31)32-29(34)36-27-17-33-12-9-20(27)10-13-33/h5-7,14-16,19-20,27-28H,8-13,17-18H2,1-4H3,(H,32,34)/t27-,28+/m1/s1. The van der Waals surface area contributed by atoms with Crippen molar-refractivity contribution in [2.24, 2.45) is 17.3 Å². The lowest BCUT2D eigenvalue weighted by atomic mass is 9.70. The number of benzene rings is 2. The topological polar surface area (TPSA) is 50.8 Å². The smallest absolute Gasteiger partial charge is 0.407 e. The fourth-order valence-corrected chi connectivity index (χ4v) is 5.99. The molecule has 0 saturated carbocycles. The van der Waals surface area contributed by atoms with E-state index in [0.29, 0.717) is 24.0 Å². The first-order chi connectivity index (χ1) is 17.2. The van der Waals surface area contributed by atoms with E-state index in [0.717, 1.165) is 67.8 Å². The van der Waals surface area contributed by atoms with Gasteiger partial charge in [-0.3, -0.25) is 4.90 Å². The van der Waals surface area contributed by atoms with Gasteiger partial charge in [0.2, 0.25) is 0 Å². The molecule has 2 aromatic carbocycles. The molecule has 1 N–H and O–H groups in total. The van der Waals surface area contributed by atoms with Crippen molar-refractivity contribution in [2.45, 2.75) is 65.5 Å². The predicted octanol–water partition coefficient (Wildman–Crippen LogP) is 6.36. The lowest BCUT2D eigenvalue weighted by Crippen LogP contribution is -2.53. The van der Waals surface area contributed by atoms with Gasteiger partial charge in [-0.1, -0.05) is 39.8 Å². The van der Waals surface area contributed by atoms with Gasteiger partial charge in [0.05, 0.1) is 12.6 Å². The van der Waals surface area contributed by atoms with Gasteiger partial charge >= 0.3 is 6.09 Å². The Balaban J connectivity index is 1.36. The van der Waals surface area contributed by atoms with E-state index >= 15 is 4.39 Å². The number of halogens is 1. The number of rotatable bonds is 6. The van der Waals surface area contributed by atoms with Gasteiger partial charge in [0.15, 0.2) is 0 Å². The van der Waals surface area contributed by atoms with Crippen LogP contribution in [0.4, 0.5) is 9.18 Å². The number of hydrogen-bond donors (Lipinski definition) is 1. The summed E-state index contributed by atoms with van der Waals surface area (Å²) >= 11 is 0. The Morgan fingerprint density at radius 1 is 1.19 bits per heavy atom. The molecular formula is C30H39FN2O3. The molecule has 3 fully saturated rings. The van der Waals surface area contributed by atoms with E-state index in [1.54, 1.807) is 6.07 Å². The van der Waals surface area contributed by atoms with Gasteiger partial charge in [-0.2, -0.15) is 0 Å². The van der Waals surface area contributed by atoms with Crippen molar-refractivity contribution in [3.05, 3.63) is 53.3 Å². The number of alkyl carbamates (subject to hydrolysis) is 1. The highest BCUT2D eigenvalue weighted by Gasteiger charge is 2.40. The van der Waals surface area contributed by atoms with Crippen LogP contribution in [-0.2, 0) is 11.2 Å². The molecule has 3 aliphatic heterocycles. The lowest BCUT2D eigenvalue weighted by Gasteiger charge is -2.44. The van der Waals surface area contributed by atoms with Crippen LogP contribution < -0.4 is 10.1 Å². The zero-order chi connectivity index (χ0) is 25.4. The molecular weight excluding hydrogens is 455 g/mol. The van der Waals surface area contributed by atoms with Crippen molar-refractivity contribution in [1.82, 2.24) is 10.2 Å². The molecule has 5 nitrogen and oxygen atoms in total. The minimum absolute atomic E-state index is 0.0528. The third-order valence-electron chi connectivity index (χ3n) is 8.21. The minimum Gasteiger partial charge on any atom is -0.493 e. The van der Waals surface area contributed by atoms with Crippen LogP contribution in [0.1, 0.15) is 64.1 Å². The molecule has 0 aromatic heterocycles. The quantitative estimate of drug-likeness (QED) is 0.508. The summed E-state index contributed by atoms with van der Waals surface area (Å²) in [5.74, 6) is 1.33. The van der Waals surface area contributed by atoms with Gasteiger partial charge in [0.1, 0.15) is 17.7 Å². The molecule has 0 spiro atoms. The molecule has 36 heavy (non-hydrogen) atoms. The van der Waals surface area contributed by atoms with Crippen LogP contribution in [0.25, 0.3) is 11.1 Å². The number of fused-ring (bicyclic) bond motifs is 4. The highest BCUT2D eigenvalue weighted by molar-refractivity contribution is 5.70. The molecule has 194 valence electrons. The van der Waals surface area contributed by atoms with Crippen molar-refractivity contribution in [3.63, 3.8) is 0 Å². The van der Waals surface area contributed by atoms with Gasteiger partial charge in [-0.25, -0.2) is 9.18 Å². The zero-order valence-corrected chi connectivity index (χ0v) is 22.0. The number of nitrogens with one attached hydrogen (secondary N) is 1. The maximum atomic E-state index is 15.6. The van der Waals surface area contributed by atoms with Gasteiger partial charge in [0, 0.05) is 12.1 Å². The number of ether oxygens (including phenoxy) is 2. The summed E-state index contributed by atoms with van der Waals surface area (Å²) in [4.78, 5) is 15.4. The van der Waals surface area contributed by atoms with Crippen molar-refractivity contribution in [1.29, 1.82) is 0 Å². The van der Waals surface area contributed by atoms with E-state index < -0.39 is 0 Å². The maximum Gasteiger partial charge on any atom is 0.407 e. The van der Waals surface area contributed by atoms with E-state index in [1.165, 1.54) is 0 Å². The highest BCUT2D eigenvalue weighted by Crippen LogP contribution is 2.45. The van der Waals surface area contributed by atoms with Crippen molar-refractivity contribution in [2.75, 3.05) is 26.2 Å². The summed E-state index contributed by atoms with van der Waals surface area (Å²) in [6.45, 7) is 12.1. The maximum absolute atomic E-state index is 15.6. The van der Waals surface area contributed by atoms with E-state index in [9.17, 15) is 4.79 Å². The van der Waals surface area contributed by atoms with Crippen LogP contribution >= 0.6 is 0 Å². The third kappa shape index (κ3) is 5.24. The average Bonchev–Trinajstić information content (AvgIpc) is 2.85. The molecule has 2 bridgehead atoms.